The minimum absolute atomic E-state index is 0.259. The summed E-state index contributed by atoms with van der Waals surface area (Å²) in [6.45, 7) is 2.15. The van der Waals surface area contributed by atoms with Crippen LogP contribution in [0, 0.1) is 5.92 Å². The average molecular weight is 443 g/mol. The summed E-state index contributed by atoms with van der Waals surface area (Å²) in [4.78, 5) is 23.7. The predicted molar refractivity (Wildman–Crippen MR) is 121 cm³/mol. The normalized spacial score (nSPS) is 14.7. The van der Waals surface area contributed by atoms with Crippen molar-refractivity contribution in [2.75, 3.05) is 29.9 Å². The van der Waals surface area contributed by atoms with Crippen LogP contribution in [-0.2, 0) is 0 Å². The predicted octanol–water partition coefficient (Wildman–Crippen LogP) is 4.71. The summed E-state index contributed by atoms with van der Waals surface area (Å²) in [5.41, 5.74) is 2.93. The van der Waals surface area contributed by atoms with Gasteiger partial charge < -0.3 is 10.0 Å². The van der Waals surface area contributed by atoms with Crippen molar-refractivity contribution in [2.45, 2.75) is 19.3 Å². The Balaban J connectivity index is 1.37. The summed E-state index contributed by atoms with van der Waals surface area (Å²) in [6, 6.07) is 11.2. The van der Waals surface area contributed by atoms with Crippen molar-refractivity contribution in [3.63, 3.8) is 0 Å². The minimum atomic E-state index is -0.289. The van der Waals surface area contributed by atoms with Crippen LogP contribution < -0.4 is 10.2 Å². The van der Waals surface area contributed by atoms with Crippen LogP contribution in [0.1, 0.15) is 29.8 Å². The molecule has 0 atom stereocenters. The largest absolute Gasteiger partial charge is 0.396 e. The zero-order chi connectivity index (χ0) is 20.9. The van der Waals surface area contributed by atoms with Crippen LogP contribution in [0.2, 0.25) is 5.02 Å². The number of aliphatic hydroxyl groups is 1. The standard InChI is InChI=1S/C22H23ClN4O2S/c23-18-4-2-1-3-17(18)20-14-30-22(25-20)26-21(29)19-6-5-16(13-24-19)27-10-7-15(8-11-27)9-12-28/h1-6,13-15,28H,7-12H2,(H,25,26,29). The lowest BCUT2D eigenvalue weighted by Crippen LogP contribution is -2.34. The van der Waals surface area contributed by atoms with Crippen LogP contribution >= 0.6 is 22.9 Å². The molecule has 0 unspecified atom stereocenters. The van der Waals surface area contributed by atoms with E-state index in [4.69, 9.17) is 16.7 Å². The van der Waals surface area contributed by atoms with Crippen molar-refractivity contribution < 1.29 is 9.90 Å². The van der Waals surface area contributed by atoms with Gasteiger partial charge in [0.2, 0.25) is 0 Å². The Labute approximate surface area is 184 Å². The van der Waals surface area contributed by atoms with E-state index in [1.807, 2.05) is 35.7 Å². The third-order valence-corrected chi connectivity index (χ3v) is 6.46. The molecule has 0 radical (unpaired) electrons. The van der Waals surface area contributed by atoms with Gasteiger partial charge in [0.25, 0.3) is 5.91 Å². The maximum atomic E-state index is 12.6. The van der Waals surface area contributed by atoms with E-state index in [0.717, 1.165) is 49.3 Å². The SMILES string of the molecule is O=C(Nc1nc(-c2ccccc2Cl)cs1)c1ccc(N2CCC(CCO)CC2)cn1. The fraction of sp³-hybridized carbons (Fsp3) is 0.318. The summed E-state index contributed by atoms with van der Waals surface area (Å²) < 4.78 is 0. The van der Waals surface area contributed by atoms with Gasteiger partial charge in [-0.25, -0.2) is 9.97 Å². The molecule has 156 valence electrons. The fourth-order valence-electron chi connectivity index (χ4n) is 3.65. The molecule has 3 aromatic rings. The summed E-state index contributed by atoms with van der Waals surface area (Å²) >= 11 is 7.57. The molecule has 1 aromatic carbocycles. The van der Waals surface area contributed by atoms with Crippen molar-refractivity contribution >= 4 is 39.7 Å². The van der Waals surface area contributed by atoms with Gasteiger partial charge in [0.15, 0.2) is 5.13 Å². The van der Waals surface area contributed by atoms with Crippen molar-refractivity contribution in [1.29, 1.82) is 0 Å². The smallest absolute Gasteiger partial charge is 0.276 e. The number of hydrogen-bond acceptors (Lipinski definition) is 6. The van der Waals surface area contributed by atoms with Crippen LogP contribution in [0.3, 0.4) is 0 Å². The zero-order valence-corrected chi connectivity index (χ0v) is 18.0. The van der Waals surface area contributed by atoms with E-state index >= 15 is 0 Å². The van der Waals surface area contributed by atoms with E-state index in [2.05, 4.69) is 20.2 Å². The van der Waals surface area contributed by atoms with E-state index in [1.54, 1.807) is 12.3 Å². The van der Waals surface area contributed by atoms with Crippen LogP contribution in [0.25, 0.3) is 11.3 Å². The van der Waals surface area contributed by atoms with Crippen molar-refractivity contribution in [1.82, 2.24) is 9.97 Å². The Kier molecular flexibility index (Phi) is 6.62. The first-order chi connectivity index (χ1) is 14.6. The Morgan fingerprint density at radius 2 is 2.03 bits per heavy atom. The van der Waals surface area contributed by atoms with E-state index in [-0.39, 0.29) is 12.5 Å². The first-order valence-electron chi connectivity index (χ1n) is 9.97. The lowest BCUT2D eigenvalue weighted by molar-refractivity contribution is 0.102. The first-order valence-corrected chi connectivity index (χ1v) is 11.2. The van der Waals surface area contributed by atoms with Gasteiger partial charge in [0.1, 0.15) is 5.69 Å². The Hall–Kier alpha value is -2.48. The molecule has 30 heavy (non-hydrogen) atoms. The molecule has 0 saturated carbocycles. The molecular weight excluding hydrogens is 420 g/mol. The second-order valence-electron chi connectivity index (χ2n) is 7.32. The number of pyridine rings is 1. The van der Waals surface area contributed by atoms with E-state index < -0.39 is 0 Å². The number of aromatic nitrogens is 2. The van der Waals surface area contributed by atoms with E-state index in [0.29, 0.717) is 21.8 Å². The number of carbonyl (C=O) groups is 1. The Morgan fingerprint density at radius 3 is 2.73 bits per heavy atom. The van der Waals surface area contributed by atoms with Gasteiger partial charge in [-0.3, -0.25) is 10.1 Å². The number of anilines is 2. The summed E-state index contributed by atoms with van der Waals surface area (Å²) in [6.07, 6.45) is 4.76. The molecule has 1 amide bonds. The molecule has 8 heteroatoms. The third-order valence-electron chi connectivity index (χ3n) is 5.37. The van der Waals surface area contributed by atoms with Gasteiger partial charge in [0.05, 0.1) is 17.6 Å². The Morgan fingerprint density at radius 1 is 1.23 bits per heavy atom. The highest BCUT2D eigenvalue weighted by Gasteiger charge is 2.20. The van der Waals surface area contributed by atoms with Gasteiger partial charge in [-0.2, -0.15) is 0 Å². The van der Waals surface area contributed by atoms with Crippen molar-refractivity contribution in [3.05, 3.63) is 58.7 Å². The second kappa shape index (κ2) is 9.55. The van der Waals surface area contributed by atoms with Gasteiger partial charge in [-0.05, 0) is 43.4 Å². The van der Waals surface area contributed by atoms with Crippen molar-refractivity contribution in [2.24, 2.45) is 5.92 Å². The molecule has 1 aliphatic heterocycles. The number of hydrogen-bond donors (Lipinski definition) is 2. The number of amides is 1. The molecule has 3 heterocycles. The molecule has 1 aliphatic rings. The number of aliphatic hydroxyl groups excluding tert-OH is 1. The fourth-order valence-corrected chi connectivity index (χ4v) is 4.59. The molecule has 4 rings (SSSR count). The maximum absolute atomic E-state index is 12.6. The minimum Gasteiger partial charge on any atom is -0.396 e. The molecule has 0 spiro atoms. The number of nitrogens with zero attached hydrogens (tertiary/aromatic N) is 3. The van der Waals surface area contributed by atoms with Crippen molar-refractivity contribution in [3.8, 4) is 11.3 Å². The molecule has 2 aromatic heterocycles. The number of carbonyl (C=O) groups excluding carboxylic acids is 1. The molecule has 1 saturated heterocycles. The summed E-state index contributed by atoms with van der Waals surface area (Å²) in [7, 11) is 0. The monoisotopic (exact) mass is 442 g/mol. The van der Waals surface area contributed by atoms with Crippen LogP contribution in [-0.4, -0.2) is 40.7 Å². The zero-order valence-electron chi connectivity index (χ0n) is 16.4. The highest BCUT2D eigenvalue weighted by molar-refractivity contribution is 7.14. The highest BCUT2D eigenvalue weighted by Crippen LogP contribution is 2.30. The highest BCUT2D eigenvalue weighted by atomic mass is 35.5. The number of piperidine rings is 1. The van der Waals surface area contributed by atoms with Gasteiger partial charge >= 0.3 is 0 Å². The number of thiazole rings is 1. The summed E-state index contributed by atoms with van der Waals surface area (Å²) in [5, 5.41) is 14.9. The van der Waals surface area contributed by atoms with Gasteiger partial charge in [-0.1, -0.05) is 29.8 Å². The lowest BCUT2D eigenvalue weighted by Gasteiger charge is -2.33. The van der Waals surface area contributed by atoms with Crippen LogP contribution in [0.5, 0.6) is 0 Å². The maximum Gasteiger partial charge on any atom is 0.276 e. The number of halogens is 1. The molecule has 2 N–H and O–H groups in total. The van der Waals surface area contributed by atoms with E-state index in [9.17, 15) is 4.79 Å². The second-order valence-corrected chi connectivity index (χ2v) is 8.58. The van der Waals surface area contributed by atoms with Gasteiger partial charge in [-0.15, -0.1) is 11.3 Å². The molecule has 0 bridgehead atoms. The molecule has 6 nitrogen and oxygen atoms in total. The topological polar surface area (TPSA) is 78.4 Å². The average Bonchev–Trinajstić information content (AvgIpc) is 3.23. The third kappa shape index (κ3) is 4.80. The number of nitrogens with one attached hydrogen (secondary N) is 1. The quantitative estimate of drug-likeness (QED) is 0.578. The van der Waals surface area contributed by atoms with Crippen LogP contribution in [0.4, 0.5) is 10.8 Å². The van der Waals surface area contributed by atoms with Crippen LogP contribution in [0.15, 0.2) is 48.0 Å². The molecular formula is C22H23ClN4O2S. The van der Waals surface area contributed by atoms with Gasteiger partial charge in [0, 0.05) is 35.7 Å². The number of rotatable bonds is 6. The first kappa shape index (κ1) is 20.8. The van der Waals surface area contributed by atoms with E-state index in [1.165, 1.54) is 11.3 Å². The number of benzene rings is 1. The molecule has 1 fully saturated rings. The molecule has 0 aliphatic carbocycles. The summed E-state index contributed by atoms with van der Waals surface area (Å²) in [5.74, 6) is 0.307. The Bertz CT molecular complexity index is 1000. The lowest BCUT2D eigenvalue weighted by atomic mass is 9.94.